The van der Waals surface area contributed by atoms with Crippen molar-refractivity contribution < 1.29 is 4.74 Å². The van der Waals surface area contributed by atoms with Crippen LogP contribution in [0.2, 0.25) is 0 Å². The summed E-state index contributed by atoms with van der Waals surface area (Å²) < 4.78 is 5.32. The van der Waals surface area contributed by atoms with Crippen LogP contribution in [0.3, 0.4) is 0 Å². The van der Waals surface area contributed by atoms with E-state index >= 15 is 0 Å². The van der Waals surface area contributed by atoms with Crippen molar-refractivity contribution in [3.05, 3.63) is 6.42 Å². The Labute approximate surface area is 50.0 Å². The molecule has 8 heavy (non-hydrogen) atoms. The summed E-state index contributed by atoms with van der Waals surface area (Å²) >= 11 is 0. The maximum Gasteiger partial charge on any atom is 0.0997 e. The monoisotopic (exact) mass is 111 g/mol. The Morgan fingerprint density at radius 2 is 1.88 bits per heavy atom. The van der Waals surface area contributed by atoms with Crippen molar-refractivity contribution >= 4 is 0 Å². The average molecular weight is 111 g/mol. The van der Waals surface area contributed by atoms with Crippen molar-refractivity contribution in [3.8, 4) is 0 Å². The smallest absolute Gasteiger partial charge is 0.0997 e. The number of hydrogen-bond donors (Lipinski definition) is 0. The van der Waals surface area contributed by atoms with Crippen LogP contribution >= 0.6 is 0 Å². The summed E-state index contributed by atoms with van der Waals surface area (Å²) in [6.07, 6.45) is 7.49. The maximum absolute atomic E-state index is 5.32. The van der Waals surface area contributed by atoms with E-state index in [1.165, 1.54) is 25.7 Å². The molecule has 0 amide bonds. The predicted molar refractivity (Wildman–Crippen MR) is 31.5 cm³/mol. The SMILES string of the molecule is [CH+]1CCC2(CC1)CO2. The van der Waals surface area contributed by atoms with Crippen LogP contribution in [0.25, 0.3) is 0 Å². The Kier molecular flexibility index (Phi) is 0.826. The fourth-order valence-corrected chi connectivity index (χ4v) is 1.39. The Morgan fingerprint density at radius 1 is 1.25 bits per heavy atom. The van der Waals surface area contributed by atoms with Gasteiger partial charge < -0.3 is 4.74 Å². The topological polar surface area (TPSA) is 12.5 Å². The van der Waals surface area contributed by atoms with Crippen molar-refractivity contribution in [2.24, 2.45) is 0 Å². The van der Waals surface area contributed by atoms with E-state index in [2.05, 4.69) is 6.42 Å². The molecule has 1 spiro atoms. The Balaban J connectivity index is 1.95. The lowest BCUT2D eigenvalue weighted by Gasteiger charge is -2.10. The van der Waals surface area contributed by atoms with Gasteiger partial charge in [0.1, 0.15) is 0 Å². The van der Waals surface area contributed by atoms with Gasteiger partial charge >= 0.3 is 0 Å². The summed E-state index contributed by atoms with van der Waals surface area (Å²) in [5.41, 5.74) is 0.398. The molecule has 2 rings (SSSR count). The van der Waals surface area contributed by atoms with Gasteiger partial charge in [-0.15, -0.1) is 0 Å². The molecular weight excluding hydrogens is 100 g/mol. The van der Waals surface area contributed by atoms with Gasteiger partial charge in [0.25, 0.3) is 0 Å². The average Bonchev–Trinajstić information content (AvgIpc) is 2.52. The van der Waals surface area contributed by atoms with Crippen LogP contribution in [0.1, 0.15) is 25.7 Å². The number of hydrogen-bond acceptors (Lipinski definition) is 1. The van der Waals surface area contributed by atoms with Crippen LogP contribution in [0, 0.1) is 6.42 Å². The first kappa shape index (κ1) is 4.68. The summed E-state index contributed by atoms with van der Waals surface area (Å²) in [6.45, 7) is 1.04. The highest BCUT2D eigenvalue weighted by Gasteiger charge is 2.47. The van der Waals surface area contributed by atoms with Crippen LogP contribution in [-0.4, -0.2) is 12.2 Å². The van der Waals surface area contributed by atoms with E-state index in [4.69, 9.17) is 4.74 Å². The molecule has 1 aliphatic heterocycles. The van der Waals surface area contributed by atoms with E-state index in [9.17, 15) is 0 Å². The molecule has 0 atom stereocenters. The molecule has 1 saturated carbocycles. The molecule has 0 unspecified atom stereocenters. The number of rotatable bonds is 0. The first-order chi connectivity index (χ1) is 3.91. The Morgan fingerprint density at radius 3 is 2.25 bits per heavy atom. The molecule has 1 aliphatic carbocycles. The molecule has 0 bridgehead atoms. The van der Waals surface area contributed by atoms with E-state index in [0.717, 1.165) is 6.61 Å². The van der Waals surface area contributed by atoms with Gasteiger partial charge in [0.15, 0.2) is 0 Å². The van der Waals surface area contributed by atoms with Gasteiger partial charge in [-0.3, -0.25) is 0 Å². The molecule has 1 heteroatoms. The normalized spacial score (nSPS) is 32.0. The first-order valence-corrected chi connectivity index (χ1v) is 3.37. The highest BCUT2D eigenvalue weighted by molar-refractivity contribution is 4.97. The largest absolute Gasteiger partial charge is 0.369 e. The van der Waals surface area contributed by atoms with Crippen LogP contribution in [0.4, 0.5) is 0 Å². The summed E-state index contributed by atoms with van der Waals surface area (Å²) in [5.74, 6) is 0. The standard InChI is InChI=1S/C7H11O/c1-2-4-7(5-3-1)6-8-7/h1H,2-6H2/q+1. The van der Waals surface area contributed by atoms with Crippen LogP contribution in [0.5, 0.6) is 0 Å². The molecule has 0 aromatic heterocycles. The van der Waals surface area contributed by atoms with Gasteiger partial charge in [-0.05, 0) is 0 Å². The Hall–Kier alpha value is -0.170. The van der Waals surface area contributed by atoms with Crippen molar-refractivity contribution in [2.75, 3.05) is 6.61 Å². The molecule has 1 saturated heterocycles. The molecule has 2 aliphatic rings. The molecule has 44 valence electrons. The van der Waals surface area contributed by atoms with Crippen LogP contribution < -0.4 is 0 Å². The van der Waals surface area contributed by atoms with Gasteiger partial charge in [0.05, 0.1) is 31.5 Å². The number of epoxide rings is 1. The molecular formula is C7H11O+. The summed E-state index contributed by atoms with van der Waals surface area (Å²) in [6, 6.07) is 0. The molecule has 2 fully saturated rings. The van der Waals surface area contributed by atoms with Crippen molar-refractivity contribution in [1.29, 1.82) is 0 Å². The minimum absolute atomic E-state index is 0.398. The van der Waals surface area contributed by atoms with E-state index in [-0.39, 0.29) is 0 Å². The second-order valence-electron chi connectivity index (χ2n) is 2.84. The number of ether oxygens (including phenoxy) is 1. The third kappa shape index (κ3) is 0.618. The van der Waals surface area contributed by atoms with Gasteiger partial charge in [-0.1, -0.05) is 0 Å². The lowest BCUT2D eigenvalue weighted by molar-refractivity contribution is 0.256. The highest BCUT2D eigenvalue weighted by atomic mass is 16.6. The molecule has 1 heterocycles. The zero-order valence-corrected chi connectivity index (χ0v) is 5.02. The van der Waals surface area contributed by atoms with E-state index in [1.54, 1.807) is 0 Å². The Bertz CT molecular complexity index is 86.6. The van der Waals surface area contributed by atoms with Crippen LogP contribution in [0.15, 0.2) is 0 Å². The first-order valence-electron chi connectivity index (χ1n) is 3.37. The summed E-state index contributed by atoms with van der Waals surface area (Å²) in [4.78, 5) is 0. The minimum Gasteiger partial charge on any atom is -0.369 e. The second-order valence-corrected chi connectivity index (χ2v) is 2.84. The van der Waals surface area contributed by atoms with E-state index < -0.39 is 0 Å². The second kappa shape index (κ2) is 1.41. The lowest BCUT2D eigenvalue weighted by Crippen LogP contribution is -2.14. The predicted octanol–water partition coefficient (Wildman–Crippen LogP) is 1.53. The third-order valence-corrected chi connectivity index (χ3v) is 2.16. The summed E-state index contributed by atoms with van der Waals surface area (Å²) in [7, 11) is 0. The highest BCUT2D eigenvalue weighted by Crippen LogP contribution is 2.40. The van der Waals surface area contributed by atoms with Crippen molar-refractivity contribution in [2.45, 2.75) is 31.3 Å². The fourth-order valence-electron chi connectivity index (χ4n) is 1.39. The fraction of sp³-hybridized carbons (Fsp3) is 0.857. The van der Waals surface area contributed by atoms with Gasteiger partial charge in [0.2, 0.25) is 0 Å². The minimum atomic E-state index is 0.398. The van der Waals surface area contributed by atoms with E-state index in [0.29, 0.717) is 5.60 Å². The zero-order chi connectivity index (χ0) is 5.45. The molecule has 0 radical (unpaired) electrons. The van der Waals surface area contributed by atoms with E-state index in [1.807, 2.05) is 0 Å². The lowest BCUT2D eigenvalue weighted by atomic mass is 9.90. The van der Waals surface area contributed by atoms with Gasteiger partial charge in [-0.2, -0.15) is 0 Å². The maximum atomic E-state index is 5.32. The van der Waals surface area contributed by atoms with Crippen molar-refractivity contribution in [1.82, 2.24) is 0 Å². The molecule has 0 N–H and O–H groups in total. The van der Waals surface area contributed by atoms with Crippen molar-refractivity contribution in [3.63, 3.8) is 0 Å². The third-order valence-electron chi connectivity index (χ3n) is 2.16. The zero-order valence-electron chi connectivity index (χ0n) is 5.02. The van der Waals surface area contributed by atoms with Gasteiger partial charge in [0, 0.05) is 12.8 Å². The van der Waals surface area contributed by atoms with Gasteiger partial charge in [-0.25, -0.2) is 0 Å². The molecule has 0 aromatic rings. The molecule has 1 nitrogen and oxygen atoms in total. The summed E-state index contributed by atoms with van der Waals surface area (Å²) in [5, 5.41) is 0. The molecule has 0 aromatic carbocycles. The van der Waals surface area contributed by atoms with Crippen LogP contribution in [-0.2, 0) is 4.74 Å². The quantitative estimate of drug-likeness (QED) is 0.341.